The molecule has 2 amide bonds. The van der Waals surface area contributed by atoms with Crippen molar-refractivity contribution in [1.82, 2.24) is 9.80 Å². The summed E-state index contributed by atoms with van der Waals surface area (Å²) in [5, 5.41) is 6.07. The molecule has 6 heteroatoms. The van der Waals surface area contributed by atoms with Crippen LogP contribution >= 0.6 is 0 Å². The molecule has 0 spiro atoms. The second-order valence-electron chi connectivity index (χ2n) is 10.1. The Kier molecular flexibility index (Phi) is 7.92. The number of carbonyl (C=O) groups excluding carboxylic acids is 2. The third kappa shape index (κ3) is 6.65. The van der Waals surface area contributed by atoms with Crippen molar-refractivity contribution in [3.8, 4) is 0 Å². The van der Waals surface area contributed by atoms with Crippen molar-refractivity contribution in [1.29, 1.82) is 0 Å². The predicted octanol–water partition coefficient (Wildman–Crippen LogP) is 4.18. The third-order valence-corrected chi connectivity index (χ3v) is 6.60. The van der Waals surface area contributed by atoms with Gasteiger partial charge in [0.1, 0.15) is 0 Å². The Labute approximate surface area is 198 Å². The van der Waals surface area contributed by atoms with Gasteiger partial charge in [-0.2, -0.15) is 0 Å². The van der Waals surface area contributed by atoms with Crippen LogP contribution in [0, 0.1) is 13.8 Å². The van der Waals surface area contributed by atoms with Gasteiger partial charge in [0.15, 0.2) is 0 Å². The van der Waals surface area contributed by atoms with E-state index in [2.05, 4.69) is 53.3 Å². The van der Waals surface area contributed by atoms with Crippen molar-refractivity contribution in [2.75, 3.05) is 43.4 Å². The Morgan fingerprint density at radius 1 is 0.939 bits per heavy atom. The largest absolute Gasteiger partial charge is 0.325 e. The lowest BCUT2D eigenvalue weighted by molar-refractivity contribution is -0.122. The summed E-state index contributed by atoms with van der Waals surface area (Å²) in [4.78, 5) is 29.6. The molecule has 2 aromatic rings. The van der Waals surface area contributed by atoms with E-state index in [0.29, 0.717) is 6.54 Å². The van der Waals surface area contributed by atoms with Crippen molar-refractivity contribution in [2.24, 2.45) is 0 Å². The molecular formula is C27H38N4O2. The number of hydrogen-bond donors (Lipinski definition) is 2. The highest BCUT2D eigenvalue weighted by atomic mass is 16.2. The number of piperazine rings is 1. The standard InChI is InChI=1S/C27H38N4O2/c1-19-8-7-9-24(20(19)2)29-25(32)18-30-14-16-31(17-15-30)21(3)26(33)28-23-12-10-22(11-13-23)27(4,5)6/h7-13,21H,14-18H2,1-6H3,(H,28,33)(H,29,32). The number of carbonyl (C=O) groups is 2. The molecule has 6 nitrogen and oxygen atoms in total. The van der Waals surface area contributed by atoms with Crippen molar-refractivity contribution >= 4 is 23.2 Å². The van der Waals surface area contributed by atoms with E-state index in [0.717, 1.165) is 43.1 Å². The quantitative estimate of drug-likeness (QED) is 0.693. The van der Waals surface area contributed by atoms with Crippen molar-refractivity contribution in [3.05, 3.63) is 59.2 Å². The topological polar surface area (TPSA) is 64.7 Å². The number of rotatable bonds is 6. The van der Waals surface area contributed by atoms with Gasteiger partial charge in [-0.1, -0.05) is 45.0 Å². The summed E-state index contributed by atoms with van der Waals surface area (Å²) in [5.41, 5.74) is 5.29. The fourth-order valence-corrected chi connectivity index (χ4v) is 4.05. The number of anilines is 2. The van der Waals surface area contributed by atoms with Gasteiger partial charge >= 0.3 is 0 Å². The molecule has 1 saturated heterocycles. The van der Waals surface area contributed by atoms with Crippen LogP contribution in [0.25, 0.3) is 0 Å². The molecule has 2 N–H and O–H groups in total. The number of hydrogen-bond acceptors (Lipinski definition) is 4. The molecule has 1 aliphatic heterocycles. The van der Waals surface area contributed by atoms with Crippen molar-refractivity contribution in [3.63, 3.8) is 0 Å². The van der Waals surface area contributed by atoms with Crippen LogP contribution in [0.5, 0.6) is 0 Å². The number of amides is 2. The predicted molar refractivity (Wildman–Crippen MR) is 136 cm³/mol. The minimum absolute atomic E-state index is 0.000348. The smallest absolute Gasteiger partial charge is 0.241 e. The first-order valence-electron chi connectivity index (χ1n) is 11.8. The van der Waals surface area contributed by atoms with Gasteiger partial charge in [-0.25, -0.2) is 0 Å². The van der Waals surface area contributed by atoms with E-state index in [9.17, 15) is 9.59 Å². The minimum atomic E-state index is -0.224. The maximum Gasteiger partial charge on any atom is 0.241 e. The van der Waals surface area contributed by atoms with E-state index in [-0.39, 0.29) is 23.3 Å². The highest BCUT2D eigenvalue weighted by Gasteiger charge is 2.26. The van der Waals surface area contributed by atoms with E-state index in [1.807, 2.05) is 51.1 Å². The zero-order chi connectivity index (χ0) is 24.2. The lowest BCUT2D eigenvalue weighted by Gasteiger charge is -2.37. The third-order valence-electron chi connectivity index (χ3n) is 6.60. The number of aryl methyl sites for hydroxylation is 1. The molecule has 0 aliphatic carbocycles. The van der Waals surface area contributed by atoms with E-state index in [4.69, 9.17) is 0 Å². The molecule has 1 aliphatic rings. The summed E-state index contributed by atoms with van der Waals surface area (Å²) in [6.07, 6.45) is 0. The lowest BCUT2D eigenvalue weighted by Crippen LogP contribution is -2.53. The van der Waals surface area contributed by atoms with Gasteiger partial charge in [-0.15, -0.1) is 0 Å². The van der Waals surface area contributed by atoms with E-state index in [1.54, 1.807) is 0 Å². The monoisotopic (exact) mass is 450 g/mol. The summed E-state index contributed by atoms with van der Waals surface area (Å²) in [5.74, 6) is 0.00118. The molecule has 0 aromatic heterocycles. The summed E-state index contributed by atoms with van der Waals surface area (Å²) in [6, 6.07) is 13.8. The fraction of sp³-hybridized carbons (Fsp3) is 0.481. The number of nitrogens with zero attached hydrogens (tertiary/aromatic N) is 2. The van der Waals surface area contributed by atoms with Gasteiger partial charge in [0, 0.05) is 37.6 Å². The molecule has 0 saturated carbocycles. The molecule has 1 heterocycles. The molecule has 1 atom stereocenters. The Bertz CT molecular complexity index is 971. The second kappa shape index (κ2) is 10.5. The van der Waals surface area contributed by atoms with Crippen LogP contribution in [-0.4, -0.2) is 60.4 Å². The van der Waals surface area contributed by atoms with Gasteiger partial charge in [-0.3, -0.25) is 19.4 Å². The average Bonchev–Trinajstić information content (AvgIpc) is 2.76. The highest BCUT2D eigenvalue weighted by Crippen LogP contribution is 2.23. The lowest BCUT2D eigenvalue weighted by atomic mass is 9.87. The van der Waals surface area contributed by atoms with Crippen LogP contribution < -0.4 is 10.6 Å². The molecule has 3 rings (SSSR count). The van der Waals surface area contributed by atoms with Gasteiger partial charge in [-0.05, 0) is 61.1 Å². The van der Waals surface area contributed by atoms with Gasteiger partial charge in [0.25, 0.3) is 0 Å². The molecule has 1 unspecified atom stereocenters. The molecular weight excluding hydrogens is 412 g/mol. The molecule has 0 radical (unpaired) electrons. The zero-order valence-corrected chi connectivity index (χ0v) is 20.9. The molecule has 178 valence electrons. The maximum atomic E-state index is 12.8. The van der Waals surface area contributed by atoms with Crippen molar-refractivity contribution < 1.29 is 9.59 Å². The normalized spacial score (nSPS) is 16.3. The van der Waals surface area contributed by atoms with Crippen LogP contribution in [0.15, 0.2) is 42.5 Å². The van der Waals surface area contributed by atoms with E-state index >= 15 is 0 Å². The summed E-state index contributed by atoms with van der Waals surface area (Å²) < 4.78 is 0. The van der Waals surface area contributed by atoms with E-state index < -0.39 is 0 Å². The number of benzene rings is 2. The molecule has 0 bridgehead atoms. The Morgan fingerprint density at radius 3 is 2.18 bits per heavy atom. The number of nitrogens with one attached hydrogen (secondary N) is 2. The molecule has 2 aromatic carbocycles. The van der Waals surface area contributed by atoms with Crippen LogP contribution in [0.2, 0.25) is 0 Å². The average molecular weight is 451 g/mol. The molecule has 1 fully saturated rings. The Hall–Kier alpha value is -2.70. The van der Waals surface area contributed by atoms with Gasteiger partial charge in [0.05, 0.1) is 12.6 Å². The van der Waals surface area contributed by atoms with E-state index in [1.165, 1.54) is 11.1 Å². The van der Waals surface area contributed by atoms with Crippen molar-refractivity contribution in [2.45, 2.75) is 53.0 Å². The van der Waals surface area contributed by atoms with Crippen LogP contribution in [0.1, 0.15) is 44.4 Å². The van der Waals surface area contributed by atoms with Gasteiger partial charge < -0.3 is 10.6 Å². The molecule has 33 heavy (non-hydrogen) atoms. The summed E-state index contributed by atoms with van der Waals surface area (Å²) >= 11 is 0. The zero-order valence-electron chi connectivity index (χ0n) is 20.9. The highest BCUT2D eigenvalue weighted by molar-refractivity contribution is 5.94. The second-order valence-corrected chi connectivity index (χ2v) is 10.1. The van der Waals surface area contributed by atoms with Gasteiger partial charge in [0.2, 0.25) is 11.8 Å². The van der Waals surface area contributed by atoms with Crippen LogP contribution in [0.3, 0.4) is 0 Å². The first-order chi connectivity index (χ1) is 15.5. The summed E-state index contributed by atoms with van der Waals surface area (Å²) in [6.45, 7) is 15.9. The maximum absolute atomic E-state index is 12.8. The minimum Gasteiger partial charge on any atom is -0.325 e. The summed E-state index contributed by atoms with van der Waals surface area (Å²) in [7, 11) is 0. The first-order valence-corrected chi connectivity index (χ1v) is 11.8. The fourth-order valence-electron chi connectivity index (χ4n) is 4.05. The Balaban J connectivity index is 1.46. The SMILES string of the molecule is Cc1cccc(NC(=O)CN2CCN(C(C)C(=O)Nc3ccc(C(C)(C)C)cc3)CC2)c1C. The Morgan fingerprint density at radius 2 is 1.58 bits per heavy atom. The van der Waals surface area contributed by atoms with Crippen LogP contribution in [-0.2, 0) is 15.0 Å². The first kappa shape index (κ1) is 24.9. The van der Waals surface area contributed by atoms with Crippen LogP contribution in [0.4, 0.5) is 11.4 Å².